The number of thiophene rings is 1. The molecule has 0 aliphatic rings. The van der Waals surface area contributed by atoms with Crippen molar-refractivity contribution in [1.82, 2.24) is 0 Å². The van der Waals surface area contributed by atoms with Crippen LogP contribution in [0.3, 0.4) is 0 Å². The highest BCUT2D eigenvalue weighted by molar-refractivity contribution is 7.75. The van der Waals surface area contributed by atoms with E-state index in [2.05, 4.69) is 0 Å². The Morgan fingerprint density at radius 1 is 1.33 bits per heavy atom. The molecule has 0 N–H and O–H groups in total. The first-order valence-electron chi connectivity index (χ1n) is 4.35. The molecule has 0 saturated carbocycles. The molecular formula is C10H10O3S2. The van der Waals surface area contributed by atoms with Gasteiger partial charge in [0.2, 0.25) is 0 Å². The fourth-order valence-corrected chi connectivity index (χ4v) is 3.46. The number of fused-ring (bicyclic) bond motifs is 1. The van der Waals surface area contributed by atoms with Gasteiger partial charge in [0.05, 0.1) is 7.11 Å². The lowest BCUT2D eigenvalue weighted by atomic mass is 10.2. The van der Waals surface area contributed by atoms with E-state index in [0.717, 1.165) is 21.4 Å². The van der Waals surface area contributed by atoms with Crippen LogP contribution in [0.5, 0.6) is 5.75 Å². The summed E-state index contributed by atoms with van der Waals surface area (Å²) in [5.41, 5.74) is 0.828. The van der Waals surface area contributed by atoms with Crippen LogP contribution >= 0.6 is 11.3 Å². The van der Waals surface area contributed by atoms with Gasteiger partial charge in [0.25, 0.3) is 0 Å². The molecule has 2 rings (SSSR count). The van der Waals surface area contributed by atoms with Crippen LogP contribution in [0.25, 0.3) is 10.1 Å². The number of benzene rings is 1. The van der Waals surface area contributed by atoms with Gasteiger partial charge in [-0.3, -0.25) is 0 Å². The molecule has 1 aromatic heterocycles. The van der Waals surface area contributed by atoms with Crippen molar-refractivity contribution in [3.05, 3.63) is 23.8 Å². The normalized spacial score (nSPS) is 11.1. The summed E-state index contributed by atoms with van der Waals surface area (Å²) in [7, 11) is -0.906. The number of aryl methyl sites for hydroxylation is 1. The molecule has 0 aliphatic carbocycles. The van der Waals surface area contributed by atoms with E-state index in [1.54, 1.807) is 7.11 Å². The number of thiol groups is 1. The number of rotatable bonds is 2. The Kier molecular flexibility index (Phi) is 2.67. The van der Waals surface area contributed by atoms with Crippen LogP contribution in [0, 0.1) is 6.92 Å². The van der Waals surface area contributed by atoms with E-state index in [1.165, 1.54) is 11.3 Å². The molecule has 0 amide bonds. The molecule has 0 aliphatic heterocycles. The Bertz CT molecular complexity index is 574. The second-order valence-electron chi connectivity index (χ2n) is 3.15. The van der Waals surface area contributed by atoms with Crippen LogP contribution in [0.15, 0.2) is 22.4 Å². The molecule has 0 atom stereocenters. The van der Waals surface area contributed by atoms with Crippen LogP contribution in [0.2, 0.25) is 0 Å². The van der Waals surface area contributed by atoms with Crippen molar-refractivity contribution in [2.75, 3.05) is 7.11 Å². The predicted molar refractivity (Wildman–Crippen MR) is 61.7 cm³/mol. The third-order valence-corrected chi connectivity index (χ3v) is 4.73. The number of hydrogen-bond donors (Lipinski definition) is 1. The van der Waals surface area contributed by atoms with E-state index < -0.39 is 10.7 Å². The first-order chi connectivity index (χ1) is 7.13. The maximum absolute atomic E-state index is 11.0. The van der Waals surface area contributed by atoms with Gasteiger partial charge < -0.3 is 4.74 Å². The highest BCUT2D eigenvalue weighted by Crippen LogP contribution is 2.33. The predicted octanol–water partition coefficient (Wildman–Crippen LogP) is 2.19. The second kappa shape index (κ2) is 3.83. The molecule has 1 aromatic carbocycles. The van der Waals surface area contributed by atoms with Crippen molar-refractivity contribution in [2.24, 2.45) is 0 Å². The number of ether oxygens (including phenoxy) is 1. The van der Waals surface area contributed by atoms with Gasteiger partial charge in [0, 0.05) is 4.70 Å². The lowest BCUT2D eigenvalue weighted by Gasteiger charge is -1.98. The van der Waals surface area contributed by atoms with Gasteiger partial charge in [-0.1, -0.05) is 0 Å². The smallest absolute Gasteiger partial charge is 0.177 e. The summed E-state index contributed by atoms with van der Waals surface area (Å²) in [5.74, 6) is 0.747. The van der Waals surface area contributed by atoms with Crippen LogP contribution in [-0.4, -0.2) is 15.5 Å². The fraction of sp³-hybridized carbons (Fsp3) is 0.200. The fourth-order valence-electron chi connectivity index (χ4n) is 1.49. The van der Waals surface area contributed by atoms with Crippen LogP contribution in [-0.2, 0) is 10.7 Å². The van der Waals surface area contributed by atoms with Gasteiger partial charge in [-0.25, -0.2) is 8.42 Å². The Balaban J connectivity index is 2.76. The first kappa shape index (κ1) is 10.4. The maximum atomic E-state index is 11.0. The molecule has 0 bridgehead atoms. The van der Waals surface area contributed by atoms with Gasteiger partial charge in [-0.05, 0) is 36.1 Å². The molecule has 0 unspecified atom stereocenters. The summed E-state index contributed by atoms with van der Waals surface area (Å²) in [6, 6.07) is 5.58. The standard InChI is InChI=1S/C10H10O3S2/c1-6-8-4-3-7(13-2)5-9(8)14-10(6)15(11)12/h3-5,15H,1-2H3. The lowest BCUT2D eigenvalue weighted by molar-refractivity contribution is 0.415. The number of hydrogen-bond acceptors (Lipinski definition) is 4. The average molecular weight is 242 g/mol. The summed E-state index contributed by atoms with van der Waals surface area (Å²) in [5, 5.41) is 0.981. The average Bonchev–Trinajstić information content (AvgIpc) is 2.55. The minimum absolute atomic E-state index is 0.438. The van der Waals surface area contributed by atoms with Gasteiger partial charge in [-0.15, -0.1) is 11.3 Å². The van der Waals surface area contributed by atoms with Gasteiger partial charge in [0.15, 0.2) is 10.7 Å². The summed E-state index contributed by atoms with van der Waals surface area (Å²) < 4.78 is 28.4. The van der Waals surface area contributed by atoms with Gasteiger partial charge in [0.1, 0.15) is 9.96 Å². The van der Waals surface area contributed by atoms with Crippen LogP contribution in [0.1, 0.15) is 5.56 Å². The molecule has 0 spiro atoms. The highest BCUT2D eigenvalue weighted by atomic mass is 32.2. The van der Waals surface area contributed by atoms with Crippen molar-refractivity contribution in [3.8, 4) is 5.75 Å². The summed E-state index contributed by atoms with van der Waals surface area (Å²) >= 11 is 1.29. The molecule has 0 radical (unpaired) electrons. The van der Waals surface area contributed by atoms with E-state index >= 15 is 0 Å². The molecule has 2 aromatic rings. The quantitative estimate of drug-likeness (QED) is 0.821. The molecule has 1 heterocycles. The van der Waals surface area contributed by atoms with Crippen molar-refractivity contribution in [3.63, 3.8) is 0 Å². The van der Waals surface area contributed by atoms with Crippen molar-refractivity contribution < 1.29 is 13.2 Å². The molecule has 5 heteroatoms. The van der Waals surface area contributed by atoms with Crippen molar-refractivity contribution in [2.45, 2.75) is 11.1 Å². The summed E-state index contributed by atoms with van der Waals surface area (Å²) in [4.78, 5) is 0. The van der Waals surface area contributed by atoms with Crippen molar-refractivity contribution >= 4 is 32.1 Å². The van der Waals surface area contributed by atoms with E-state index in [-0.39, 0.29) is 0 Å². The third-order valence-electron chi connectivity index (χ3n) is 2.29. The van der Waals surface area contributed by atoms with Crippen molar-refractivity contribution in [1.29, 1.82) is 0 Å². The molecule has 3 nitrogen and oxygen atoms in total. The summed E-state index contributed by atoms with van der Waals surface area (Å²) in [6.07, 6.45) is 0. The van der Waals surface area contributed by atoms with Gasteiger partial charge >= 0.3 is 0 Å². The molecule has 0 saturated heterocycles. The summed E-state index contributed by atoms with van der Waals surface area (Å²) in [6.45, 7) is 1.83. The third kappa shape index (κ3) is 1.72. The zero-order valence-corrected chi connectivity index (χ0v) is 10.0. The Morgan fingerprint density at radius 2 is 2.07 bits per heavy atom. The Hall–Kier alpha value is -1.07. The maximum Gasteiger partial charge on any atom is 0.177 e. The van der Waals surface area contributed by atoms with Crippen LogP contribution in [0.4, 0.5) is 0 Å². The molecule has 80 valence electrons. The zero-order chi connectivity index (χ0) is 11.0. The van der Waals surface area contributed by atoms with E-state index in [9.17, 15) is 8.42 Å². The van der Waals surface area contributed by atoms with E-state index in [0.29, 0.717) is 4.21 Å². The minimum Gasteiger partial charge on any atom is -0.497 e. The van der Waals surface area contributed by atoms with E-state index in [1.807, 2.05) is 25.1 Å². The largest absolute Gasteiger partial charge is 0.497 e. The molecule has 0 fully saturated rings. The van der Waals surface area contributed by atoms with Gasteiger partial charge in [-0.2, -0.15) is 0 Å². The Labute approximate surface area is 93.3 Å². The minimum atomic E-state index is -2.50. The first-order valence-corrected chi connectivity index (χ1v) is 6.34. The SMILES string of the molecule is COc1ccc2c(C)c([SH](=O)=O)sc2c1. The lowest BCUT2D eigenvalue weighted by Crippen LogP contribution is -1.80. The molecule has 15 heavy (non-hydrogen) atoms. The molecular weight excluding hydrogens is 232 g/mol. The monoisotopic (exact) mass is 242 g/mol. The highest BCUT2D eigenvalue weighted by Gasteiger charge is 2.10. The second-order valence-corrected chi connectivity index (χ2v) is 5.47. The zero-order valence-electron chi connectivity index (χ0n) is 8.31. The van der Waals surface area contributed by atoms with E-state index in [4.69, 9.17) is 4.74 Å². The topological polar surface area (TPSA) is 43.4 Å². The Morgan fingerprint density at radius 3 is 2.67 bits per heavy atom. The van der Waals surface area contributed by atoms with Crippen LogP contribution < -0.4 is 4.74 Å². The number of methoxy groups -OCH3 is 1.